The number of halogens is 1. The molecule has 0 bridgehead atoms. The van der Waals surface area contributed by atoms with Crippen LogP contribution in [0.4, 0.5) is 5.13 Å². The van der Waals surface area contributed by atoms with E-state index in [1.165, 1.54) is 28.7 Å². The smallest absolute Gasteiger partial charge is 0.239 e. The van der Waals surface area contributed by atoms with Crippen LogP contribution in [0.15, 0.2) is 65.7 Å². The van der Waals surface area contributed by atoms with Gasteiger partial charge in [-0.3, -0.25) is 14.7 Å². The van der Waals surface area contributed by atoms with Gasteiger partial charge in [-0.2, -0.15) is 0 Å². The molecule has 7 heteroatoms. The van der Waals surface area contributed by atoms with E-state index in [1.807, 2.05) is 49.4 Å². The fraction of sp³-hybridized carbons (Fsp3) is 0.174. The van der Waals surface area contributed by atoms with Crippen LogP contribution in [0.2, 0.25) is 5.02 Å². The molecule has 0 saturated heterocycles. The molecule has 0 aliphatic rings. The van der Waals surface area contributed by atoms with E-state index in [0.717, 1.165) is 26.4 Å². The third-order valence-electron chi connectivity index (χ3n) is 4.70. The fourth-order valence-electron chi connectivity index (χ4n) is 2.98. The van der Waals surface area contributed by atoms with Gasteiger partial charge in [0.1, 0.15) is 0 Å². The first-order valence-corrected chi connectivity index (χ1v) is 11.6. The molecule has 4 nitrogen and oxygen atoms in total. The molecule has 4 aromatic rings. The third-order valence-corrected chi connectivity index (χ3v) is 7.15. The number of carbonyl (C=O) groups excluding carboxylic acids is 1. The predicted octanol–water partition coefficient (Wildman–Crippen LogP) is 6.29. The monoisotopic (exact) mass is 453 g/mol. The first-order valence-electron chi connectivity index (χ1n) is 9.46. The first kappa shape index (κ1) is 20.8. The maximum absolute atomic E-state index is 13.2. The molecule has 0 atom stereocenters. The van der Waals surface area contributed by atoms with Crippen LogP contribution >= 0.6 is 34.7 Å². The normalized spacial score (nSPS) is 11.0. The Balaban J connectivity index is 1.63. The zero-order valence-corrected chi connectivity index (χ0v) is 19.0. The molecule has 0 spiro atoms. The number of pyridine rings is 1. The number of thioether (sulfide) groups is 1. The first-order chi connectivity index (χ1) is 14.5. The van der Waals surface area contributed by atoms with Gasteiger partial charge in [-0.15, -0.1) is 11.8 Å². The van der Waals surface area contributed by atoms with Crippen molar-refractivity contribution >= 4 is 56.0 Å². The Hall–Kier alpha value is -2.41. The van der Waals surface area contributed by atoms with Gasteiger partial charge >= 0.3 is 0 Å². The van der Waals surface area contributed by atoms with Crippen LogP contribution in [-0.4, -0.2) is 21.6 Å². The van der Waals surface area contributed by atoms with E-state index >= 15 is 0 Å². The van der Waals surface area contributed by atoms with Crippen LogP contribution in [0, 0.1) is 13.8 Å². The summed E-state index contributed by atoms with van der Waals surface area (Å²) >= 11 is 9.29. The largest absolute Gasteiger partial charge is 0.281 e. The summed E-state index contributed by atoms with van der Waals surface area (Å²) in [5.41, 5.74) is 3.79. The van der Waals surface area contributed by atoms with Gasteiger partial charge in [-0.1, -0.05) is 46.7 Å². The number of aromatic nitrogens is 2. The zero-order chi connectivity index (χ0) is 21.1. The number of rotatable bonds is 6. The van der Waals surface area contributed by atoms with E-state index < -0.39 is 0 Å². The Bertz CT molecular complexity index is 1180. The number of anilines is 1. The number of amides is 1. The van der Waals surface area contributed by atoms with Crippen molar-refractivity contribution in [3.05, 3.63) is 82.6 Å². The second-order valence-corrected chi connectivity index (χ2v) is 9.38. The van der Waals surface area contributed by atoms with Crippen molar-refractivity contribution in [1.82, 2.24) is 9.97 Å². The van der Waals surface area contributed by atoms with E-state index in [-0.39, 0.29) is 5.91 Å². The van der Waals surface area contributed by atoms with E-state index in [4.69, 9.17) is 16.6 Å². The van der Waals surface area contributed by atoms with Crippen molar-refractivity contribution < 1.29 is 4.79 Å². The number of thiazole rings is 1. The molecular formula is C23H20ClN3OS2. The molecule has 4 rings (SSSR count). The van der Waals surface area contributed by atoms with Crippen molar-refractivity contribution in [3.63, 3.8) is 0 Å². The Labute approximate surface area is 188 Å². The molecule has 0 N–H and O–H groups in total. The number of nitrogens with zero attached hydrogens (tertiary/aromatic N) is 3. The van der Waals surface area contributed by atoms with Crippen molar-refractivity contribution in [1.29, 1.82) is 0 Å². The van der Waals surface area contributed by atoms with Gasteiger partial charge in [0, 0.05) is 16.1 Å². The number of carbonyl (C=O) groups is 1. The highest BCUT2D eigenvalue weighted by atomic mass is 35.5. The summed E-state index contributed by atoms with van der Waals surface area (Å²) in [5.74, 6) is 0.319. The Morgan fingerprint density at radius 2 is 1.90 bits per heavy atom. The van der Waals surface area contributed by atoms with Crippen LogP contribution < -0.4 is 4.90 Å². The standard InChI is InChI=1S/C23H20ClN3OS2/c1-15-6-8-18(9-7-15)29-14-21(28)27(13-17-5-3-4-12-25-17)23-26-22-16(2)19(24)10-11-20(22)30-23/h3-12H,13-14H2,1-2H3. The Morgan fingerprint density at radius 1 is 1.10 bits per heavy atom. The minimum absolute atomic E-state index is 0.00552. The predicted molar refractivity (Wildman–Crippen MR) is 127 cm³/mol. The summed E-state index contributed by atoms with van der Waals surface area (Å²) in [6, 6.07) is 17.7. The SMILES string of the molecule is Cc1ccc(SCC(=O)N(Cc2ccccn2)c2nc3c(C)c(Cl)ccc3s2)cc1. The molecule has 0 aliphatic heterocycles. The Kier molecular flexibility index (Phi) is 6.37. The van der Waals surface area contributed by atoms with Crippen LogP contribution in [0.25, 0.3) is 10.2 Å². The molecule has 0 aliphatic carbocycles. The highest BCUT2D eigenvalue weighted by molar-refractivity contribution is 8.00. The molecule has 0 unspecified atom stereocenters. The quantitative estimate of drug-likeness (QED) is 0.322. The van der Waals surface area contributed by atoms with Crippen molar-refractivity contribution in [2.24, 2.45) is 0 Å². The number of hydrogen-bond donors (Lipinski definition) is 0. The van der Waals surface area contributed by atoms with Crippen molar-refractivity contribution in [3.8, 4) is 0 Å². The lowest BCUT2D eigenvalue weighted by molar-refractivity contribution is -0.116. The summed E-state index contributed by atoms with van der Waals surface area (Å²) < 4.78 is 1.01. The average Bonchev–Trinajstić information content (AvgIpc) is 3.19. The molecule has 1 amide bonds. The molecule has 152 valence electrons. The van der Waals surface area contributed by atoms with Crippen LogP contribution in [-0.2, 0) is 11.3 Å². The maximum Gasteiger partial charge on any atom is 0.239 e. The fourth-order valence-corrected chi connectivity index (χ4v) is 4.95. The van der Waals surface area contributed by atoms with Gasteiger partial charge in [0.2, 0.25) is 5.91 Å². The van der Waals surface area contributed by atoms with Gasteiger partial charge in [-0.25, -0.2) is 4.98 Å². The summed E-state index contributed by atoms with van der Waals surface area (Å²) in [4.78, 5) is 25.2. The topological polar surface area (TPSA) is 46.1 Å². The second-order valence-electron chi connectivity index (χ2n) is 6.92. The molecule has 30 heavy (non-hydrogen) atoms. The molecule has 0 radical (unpaired) electrons. The molecular weight excluding hydrogens is 434 g/mol. The van der Waals surface area contributed by atoms with E-state index in [2.05, 4.69) is 24.0 Å². The number of fused-ring (bicyclic) bond motifs is 1. The van der Waals surface area contributed by atoms with Gasteiger partial charge in [0.25, 0.3) is 0 Å². The average molecular weight is 454 g/mol. The second kappa shape index (κ2) is 9.16. The third kappa shape index (κ3) is 4.67. The van der Waals surface area contributed by atoms with Gasteiger partial charge < -0.3 is 0 Å². The Morgan fingerprint density at radius 3 is 2.63 bits per heavy atom. The number of hydrogen-bond acceptors (Lipinski definition) is 5. The minimum atomic E-state index is -0.00552. The summed E-state index contributed by atoms with van der Waals surface area (Å²) in [5, 5.41) is 1.34. The van der Waals surface area contributed by atoms with Crippen molar-refractivity contribution in [2.75, 3.05) is 10.7 Å². The van der Waals surface area contributed by atoms with Crippen LogP contribution in [0.3, 0.4) is 0 Å². The summed E-state index contributed by atoms with van der Waals surface area (Å²) in [7, 11) is 0. The highest BCUT2D eigenvalue weighted by Crippen LogP contribution is 2.34. The van der Waals surface area contributed by atoms with Gasteiger partial charge in [-0.05, 0) is 55.8 Å². The van der Waals surface area contributed by atoms with Crippen molar-refractivity contribution in [2.45, 2.75) is 25.3 Å². The van der Waals surface area contributed by atoms with Crippen LogP contribution in [0.5, 0.6) is 0 Å². The molecule has 2 aromatic carbocycles. The molecule has 0 saturated carbocycles. The van der Waals surface area contributed by atoms with E-state index in [9.17, 15) is 4.79 Å². The van der Waals surface area contributed by atoms with Gasteiger partial charge in [0.15, 0.2) is 5.13 Å². The van der Waals surface area contributed by atoms with E-state index in [0.29, 0.717) is 22.5 Å². The molecule has 2 heterocycles. The lowest BCUT2D eigenvalue weighted by Gasteiger charge is -2.19. The van der Waals surface area contributed by atoms with Crippen LogP contribution in [0.1, 0.15) is 16.8 Å². The number of benzene rings is 2. The lowest BCUT2D eigenvalue weighted by atomic mass is 10.2. The minimum Gasteiger partial charge on any atom is -0.281 e. The number of aryl methyl sites for hydroxylation is 2. The summed E-state index contributed by atoms with van der Waals surface area (Å²) in [6.45, 7) is 4.38. The molecule has 2 aromatic heterocycles. The molecule has 0 fully saturated rings. The maximum atomic E-state index is 13.2. The lowest BCUT2D eigenvalue weighted by Crippen LogP contribution is -2.32. The van der Waals surface area contributed by atoms with E-state index in [1.54, 1.807) is 11.1 Å². The highest BCUT2D eigenvalue weighted by Gasteiger charge is 2.21. The van der Waals surface area contributed by atoms with Gasteiger partial charge in [0.05, 0.1) is 28.2 Å². The zero-order valence-electron chi connectivity index (χ0n) is 16.6. The summed E-state index contributed by atoms with van der Waals surface area (Å²) in [6.07, 6.45) is 1.74.